The highest BCUT2D eigenvalue weighted by atomic mass is 16.5. The number of aromatic nitrogens is 2. The first-order chi connectivity index (χ1) is 13.8. The van der Waals surface area contributed by atoms with E-state index in [4.69, 9.17) is 14.2 Å². The van der Waals surface area contributed by atoms with Gasteiger partial charge in [-0.1, -0.05) is 0 Å². The van der Waals surface area contributed by atoms with Gasteiger partial charge in [-0.05, 0) is 63.1 Å². The summed E-state index contributed by atoms with van der Waals surface area (Å²) >= 11 is 0. The van der Waals surface area contributed by atoms with Crippen molar-refractivity contribution in [1.29, 1.82) is 0 Å². The standard InChI is InChI=1S/C22H25N3O4/c1-12(2)29-22(26)20-21(23-15-7-8-18(27-5)19(11-15)28-6)25-17-10-14(4)13(3)9-16(17)24-20/h7-12H,1-6H3,(H,23,25). The number of ether oxygens (including phenoxy) is 3. The van der Waals surface area contributed by atoms with Crippen LogP contribution in [0.3, 0.4) is 0 Å². The molecule has 0 aliphatic carbocycles. The lowest BCUT2D eigenvalue weighted by atomic mass is 10.1. The second-order valence-corrected chi connectivity index (χ2v) is 6.99. The molecule has 0 unspecified atom stereocenters. The normalized spacial score (nSPS) is 10.9. The molecule has 0 spiro atoms. The SMILES string of the molecule is COc1ccc(Nc2nc3cc(C)c(C)cc3nc2C(=O)OC(C)C)cc1OC. The zero-order valence-electron chi connectivity index (χ0n) is 17.5. The van der Waals surface area contributed by atoms with Gasteiger partial charge in [-0.3, -0.25) is 0 Å². The van der Waals surface area contributed by atoms with Crippen molar-refractivity contribution in [3.05, 3.63) is 47.2 Å². The van der Waals surface area contributed by atoms with E-state index in [9.17, 15) is 4.79 Å². The number of hydrogen-bond acceptors (Lipinski definition) is 7. The lowest BCUT2D eigenvalue weighted by Crippen LogP contribution is -2.16. The first kappa shape index (κ1) is 20.4. The highest BCUT2D eigenvalue weighted by molar-refractivity contribution is 5.96. The van der Waals surface area contributed by atoms with Gasteiger partial charge in [-0.2, -0.15) is 0 Å². The Morgan fingerprint density at radius 1 is 0.931 bits per heavy atom. The van der Waals surface area contributed by atoms with Gasteiger partial charge in [-0.25, -0.2) is 14.8 Å². The van der Waals surface area contributed by atoms with E-state index in [0.717, 1.165) is 11.1 Å². The van der Waals surface area contributed by atoms with Crippen LogP contribution in [0.5, 0.6) is 11.5 Å². The summed E-state index contributed by atoms with van der Waals surface area (Å²) in [5.74, 6) is 0.950. The van der Waals surface area contributed by atoms with Crippen LogP contribution in [0.15, 0.2) is 30.3 Å². The molecule has 0 radical (unpaired) electrons. The van der Waals surface area contributed by atoms with Crippen LogP contribution in [0.2, 0.25) is 0 Å². The van der Waals surface area contributed by atoms with Gasteiger partial charge in [0.15, 0.2) is 23.0 Å². The van der Waals surface area contributed by atoms with Crippen LogP contribution in [-0.4, -0.2) is 36.3 Å². The number of methoxy groups -OCH3 is 2. The Labute approximate surface area is 170 Å². The molecule has 0 fully saturated rings. The van der Waals surface area contributed by atoms with E-state index in [2.05, 4.69) is 15.3 Å². The third-order valence-corrected chi connectivity index (χ3v) is 4.46. The number of nitrogens with one attached hydrogen (secondary N) is 1. The van der Waals surface area contributed by atoms with E-state index in [1.165, 1.54) is 0 Å². The summed E-state index contributed by atoms with van der Waals surface area (Å²) in [6.45, 7) is 7.60. The molecule has 0 aliphatic rings. The number of nitrogens with zero attached hydrogens (tertiary/aromatic N) is 2. The Morgan fingerprint density at radius 3 is 2.14 bits per heavy atom. The van der Waals surface area contributed by atoms with E-state index >= 15 is 0 Å². The van der Waals surface area contributed by atoms with E-state index in [-0.39, 0.29) is 11.8 Å². The first-order valence-corrected chi connectivity index (χ1v) is 9.31. The van der Waals surface area contributed by atoms with Crippen LogP contribution in [0.1, 0.15) is 35.5 Å². The second-order valence-electron chi connectivity index (χ2n) is 6.99. The predicted molar refractivity (Wildman–Crippen MR) is 112 cm³/mol. The zero-order chi connectivity index (χ0) is 21.1. The summed E-state index contributed by atoms with van der Waals surface area (Å²) in [5.41, 5.74) is 4.32. The molecule has 0 atom stereocenters. The summed E-state index contributed by atoms with van der Waals surface area (Å²) in [5, 5.41) is 3.17. The van der Waals surface area contributed by atoms with Crippen molar-refractivity contribution >= 4 is 28.5 Å². The predicted octanol–water partition coefficient (Wildman–Crippen LogP) is 4.57. The van der Waals surface area contributed by atoms with E-state index in [0.29, 0.717) is 34.0 Å². The monoisotopic (exact) mass is 395 g/mol. The Morgan fingerprint density at radius 2 is 1.55 bits per heavy atom. The number of fused-ring (bicyclic) bond motifs is 1. The number of aryl methyl sites for hydroxylation is 2. The lowest BCUT2D eigenvalue weighted by molar-refractivity contribution is 0.0372. The summed E-state index contributed by atoms with van der Waals surface area (Å²) < 4.78 is 16.0. The van der Waals surface area contributed by atoms with Crippen molar-refractivity contribution in [3.8, 4) is 11.5 Å². The lowest BCUT2D eigenvalue weighted by Gasteiger charge is -2.15. The molecule has 29 heavy (non-hydrogen) atoms. The molecule has 152 valence electrons. The fraction of sp³-hybridized carbons (Fsp3) is 0.318. The molecule has 0 bridgehead atoms. The van der Waals surface area contributed by atoms with Gasteiger partial charge >= 0.3 is 5.97 Å². The van der Waals surface area contributed by atoms with Crippen molar-refractivity contribution < 1.29 is 19.0 Å². The second kappa shape index (κ2) is 8.34. The third kappa shape index (κ3) is 4.39. The minimum absolute atomic E-state index is 0.129. The number of hydrogen-bond donors (Lipinski definition) is 1. The number of carbonyl (C=O) groups is 1. The van der Waals surface area contributed by atoms with Gasteiger partial charge in [0.1, 0.15) is 0 Å². The number of benzene rings is 2. The Hall–Kier alpha value is -3.35. The Kier molecular flexibility index (Phi) is 5.87. The first-order valence-electron chi connectivity index (χ1n) is 9.31. The van der Waals surface area contributed by atoms with Crippen LogP contribution >= 0.6 is 0 Å². The maximum Gasteiger partial charge on any atom is 0.361 e. The smallest absolute Gasteiger partial charge is 0.361 e. The molecular formula is C22H25N3O4. The summed E-state index contributed by atoms with van der Waals surface area (Å²) in [4.78, 5) is 21.9. The van der Waals surface area contributed by atoms with Gasteiger partial charge in [-0.15, -0.1) is 0 Å². The molecule has 1 aromatic heterocycles. The zero-order valence-corrected chi connectivity index (χ0v) is 17.5. The molecule has 2 aromatic carbocycles. The average Bonchev–Trinajstić information content (AvgIpc) is 2.68. The molecule has 1 N–H and O–H groups in total. The fourth-order valence-electron chi connectivity index (χ4n) is 2.86. The largest absolute Gasteiger partial charge is 0.493 e. The van der Waals surface area contributed by atoms with Crippen molar-refractivity contribution in [1.82, 2.24) is 9.97 Å². The van der Waals surface area contributed by atoms with Gasteiger partial charge in [0.05, 0.1) is 31.4 Å². The highest BCUT2D eigenvalue weighted by Crippen LogP contribution is 2.32. The molecule has 0 saturated carbocycles. The van der Waals surface area contributed by atoms with E-state index in [1.54, 1.807) is 40.2 Å². The summed E-state index contributed by atoms with van der Waals surface area (Å²) in [6, 6.07) is 9.22. The molecule has 7 nitrogen and oxygen atoms in total. The van der Waals surface area contributed by atoms with Gasteiger partial charge in [0.25, 0.3) is 0 Å². The van der Waals surface area contributed by atoms with E-state index < -0.39 is 5.97 Å². The van der Waals surface area contributed by atoms with Crippen molar-refractivity contribution in [2.24, 2.45) is 0 Å². The van der Waals surface area contributed by atoms with Crippen LogP contribution in [0.25, 0.3) is 11.0 Å². The molecule has 0 amide bonds. The van der Waals surface area contributed by atoms with E-state index in [1.807, 2.05) is 32.0 Å². The third-order valence-electron chi connectivity index (χ3n) is 4.46. The van der Waals surface area contributed by atoms with Gasteiger partial charge < -0.3 is 19.5 Å². The number of rotatable bonds is 6. The molecule has 3 rings (SSSR count). The minimum atomic E-state index is -0.532. The van der Waals surface area contributed by atoms with Crippen LogP contribution in [0, 0.1) is 13.8 Å². The molecule has 3 aromatic rings. The van der Waals surface area contributed by atoms with Crippen LogP contribution in [0.4, 0.5) is 11.5 Å². The van der Waals surface area contributed by atoms with Crippen molar-refractivity contribution in [2.45, 2.75) is 33.8 Å². The van der Waals surface area contributed by atoms with Gasteiger partial charge in [0.2, 0.25) is 0 Å². The maximum absolute atomic E-state index is 12.7. The molecule has 7 heteroatoms. The van der Waals surface area contributed by atoms with Crippen LogP contribution in [-0.2, 0) is 4.74 Å². The minimum Gasteiger partial charge on any atom is -0.493 e. The molecular weight excluding hydrogens is 370 g/mol. The maximum atomic E-state index is 12.7. The average molecular weight is 395 g/mol. The molecule has 0 saturated heterocycles. The summed E-state index contributed by atoms with van der Waals surface area (Å²) in [7, 11) is 3.14. The fourth-order valence-corrected chi connectivity index (χ4v) is 2.86. The topological polar surface area (TPSA) is 82.6 Å². The number of esters is 1. The molecule has 1 heterocycles. The Bertz CT molecular complexity index is 1060. The quantitative estimate of drug-likeness (QED) is 0.612. The number of carbonyl (C=O) groups excluding carboxylic acids is 1. The van der Waals surface area contributed by atoms with Crippen molar-refractivity contribution in [3.63, 3.8) is 0 Å². The summed E-state index contributed by atoms with van der Waals surface area (Å²) in [6.07, 6.45) is -0.270. The van der Waals surface area contributed by atoms with Gasteiger partial charge in [0, 0.05) is 11.8 Å². The highest BCUT2D eigenvalue weighted by Gasteiger charge is 2.20. The molecule has 0 aliphatic heterocycles. The van der Waals surface area contributed by atoms with Crippen LogP contribution < -0.4 is 14.8 Å². The number of anilines is 2. The Balaban J connectivity index is 2.11. The van der Waals surface area contributed by atoms with Crippen molar-refractivity contribution in [2.75, 3.05) is 19.5 Å².